The first kappa shape index (κ1) is 24.0. The molecule has 0 amide bonds. The van der Waals surface area contributed by atoms with Gasteiger partial charge in [-0.3, -0.25) is 0 Å². The second-order valence-electron chi connectivity index (χ2n) is 8.03. The molecule has 5 nitrogen and oxygen atoms in total. The van der Waals surface area contributed by atoms with Crippen LogP contribution in [-0.4, -0.2) is 26.8 Å². The van der Waals surface area contributed by atoms with E-state index in [2.05, 4.69) is 15.9 Å². The number of aliphatic hydroxyl groups excluding tert-OH is 1. The number of hydrogen-bond acceptors (Lipinski definition) is 4. The average molecular weight is 521 g/mol. The highest BCUT2D eigenvalue weighted by Gasteiger charge is 2.49. The third-order valence-electron chi connectivity index (χ3n) is 5.65. The lowest BCUT2D eigenvalue weighted by atomic mass is 9.86. The minimum absolute atomic E-state index is 0.00204. The van der Waals surface area contributed by atoms with Gasteiger partial charge in [0.05, 0.1) is 18.8 Å². The van der Waals surface area contributed by atoms with Crippen LogP contribution >= 0.6 is 15.9 Å². The summed E-state index contributed by atoms with van der Waals surface area (Å²) >= 11 is 3.60. The Hall–Kier alpha value is -3.19. The number of hydrogen-bond donors (Lipinski definition) is 2. The van der Waals surface area contributed by atoms with Crippen molar-refractivity contribution < 1.29 is 24.5 Å². The van der Waals surface area contributed by atoms with Gasteiger partial charge in [-0.1, -0.05) is 91.0 Å². The summed E-state index contributed by atoms with van der Waals surface area (Å²) in [5.74, 6) is -1.39. The Morgan fingerprint density at radius 3 is 1.85 bits per heavy atom. The molecule has 2 atom stereocenters. The van der Waals surface area contributed by atoms with Crippen molar-refractivity contribution in [2.45, 2.75) is 30.2 Å². The molecule has 174 valence electrons. The van der Waals surface area contributed by atoms with Crippen molar-refractivity contribution >= 4 is 21.9 Å². The first-order valence-electron chi connectivity index (χ1n) is 10.9. The normalized spacial score (nSPS) is 20.1. The highest BCUT2D eigenvalue weighted by Crippen LogP contribution is 2.44. The molecule has 0 radical (unpaired) electrons. The summed E-state index contributed by atoms with van der Waals surface area (Å²) in [4.78, 5) is 12.2. The van der Waals surface area contributed by atoms with Crippen LogP contribution in [0.5, 0.6) is 0 Å². The van der Waals surface area contributed by atoms with Crippen molar-refractivity contribution in [3.05, 3.63) is 131 Å². The van der Waals surface area contributed by atoms with E-state index in [1.54, 1.807) is 0 Å². The number of ether oxygens (including phenoxy) is 2. The third kappa shape index (κ3) is 5.47. The van der Waals surface area contributed by atoms with Crippen molar-refractivity contribution in [2.24, 2.45) is 0 Å². The standard InChI is InChI=1S/C28H25BrO5/c29-28(34-19-22-14-8-3-9-15-22)25(30)17-24(27(31)32)23(16-20-10-4-1-5-11-20)26(28)33-18-21-12-6-2-7-13-21/h1-15,17,26,30H,16,18-19H2,(H,31,32). The zero-order valence-electron chi connectivity index (χ0n) is 18.4. The first-order chi connectivity index (χ1) is 16.5. The van der Waals surface area contributed by atoms with Gasteiger partial charge in [-0.2, -0.15) is 0 Å². The molecule has 0 fully saturated rings. The molecule has 34 heavy (non-hydrogen) atoms. The van der Waals surface area contributed by atoms with E-state index in [9.17, 15) is 15.0 Å². The minimum Gasteiger partial charge on any atom is -0.508 e. The molecular formula is C28H25BrO5. The van der Waals surface area contributed by atoms with Crippen molar-refractivity contribution in [3.8, 4) is 0 Å². The quantitative estimate of drug-likeness (QED) is 0.340. The summed E-state index contributed by atoms with van der Waals surface area (Å²) in [6, 6.07) is 28.7. The van der Waals surface area contributed by atoms with Crippen molar-refractivity contribution in [1.82, 2.24) is 0 Å². The molecule has 2 unspecified atom stereocenters. The monoisotopic (exact) mass is 520 g/mol. The zero-order valence-corrected chi connectivity index (χ0v) is 20.0. The van der Waals surface area contributed by atoms with Crippen LogP contribution in [-0.2, 0) is 33.9 Å². The predicted molar refractivity (Wildman–Crippen MR) is 133 cm³/mol. The van der Waals surface area contributed by atoms with E-state index >= 15 is 0 Å². The van der Waals surface area contributed by atoms with Gasteiger partial charge < -0.3 is 19.7 Å². The summed E-state index contributed by atoms with van der Waals surface area (Å²) in [5, 5.41) is 20.9. The second kappa shape index (κ2) is 10.8. The van der Waals surface area contributed by atoms with Crippen molar-refractivity contribution in [1.29, 1.82) is 0 Å². The lowest BCUT2D eigenvalue weighted by molar-refractivity contribution is -0.133. The molecule has 1 aliphatic carbocycles. The molecule has 0 heterocycles. The van der Waals surface area contributed by atoms with E-state index in [1.807, 2.05) is 91.0 Å². The molecule has 0 saturated carbocycles. The van der Waals surface area contributed by atoms with Gasteiger partial charge in [0.25, 0.3) is 0 Å². The fourth-order valence-corrected chi connectivity index (χ4v) is 4.54. The van der Waals surface area contributed by atoms with E-state index in [1.165, 1.54) is 6.08 Å². The number of rotatable bonds is 9. The number of carboxylic acids is 1. The summed E-state index contributed by atoms with van der Waals surface area (Å²) in [6.45, 7) is 0.405. The largest absolute Gasteiger partial charge is 0.508 e. The maximum Gasteiger partial charge on any atom is 0.335 e. The van der Waals surface area contributed by atoms with Crippen LogP contribution in [0.4, 0.5) is 0 Å². The highest BCUT2D eigenvalue weighted by molar-refractivity contribution is 9.10. The summed E-state index contributed by atoms with van der Waals surface area (Å²) in [5.41, 5.74) is 3.27. The number of aliphatic hydroxyl groups is 1. The van der Waals surface area contributed by atoms with E-state index < -0.39 is 16.6 Å². The molecule has 2 N–H and O–H groups in total. The van der Waals surface area contributed by atoms with Gasteiger partial charge in [-0.05, 0) is 50.7 Å². The van der Waals surface area contributed by atoms with E-state index in [0.717, 1.165) is 16.7 Å². The fraction of sp³-hybridized carbons (Fsp3) is 0.179. The molecular weight excluding hydrogens is 496 g/mol. The molecule has 3 aromatic carbocycles. The van der Waals surface area contributed by atoms with E-state index in [4.69, 9.17) is 9.47 Å². The number of carbonyl (C=O) groups is 1. The summed E-state index contributed by atoms with van der Waals surface area (Å²) in [6.07, 6.45) is 0.684. The molecule has 4 rings (SSSR count). The second-order valence-corrected chi connectivity index (χ2v) is 9.21. The van der Waals surface area contributed by atoms with Gasteiger partial charge >= 0.3 is 5.97 Å². The fourth-order valence-electron chi connectivity index (χ4n) is 3.90. The maximum atomic E-state index is 12.2. The zero-order chi connectivity index (χ0) is 24.0. The first-order valence-corrected chi connectivity index (χ1v) is 11.7. The smallest absolute Gasteiger partial charge is 0.335 e. The number of halogens is 1. The lowest BCUT2D eigenvalue weighted by Crippen LogP contribution is -2.47. The van der Waals surface area contributed by atoms with Gasteiger partial charge in [0.2, 0.25) is 4.51 Å². The molecule has 0 saturated heterocycles. The van der Waals surface area contributed by atoms with Crippen LogP contribution in [0.3, 0.4) is 0 Å². The molecule has 3 aromatic rings. The van der Waals surface area contributed by atoms with Gasteiger partial charge in [-0.25, -0.2) is 4.79 Å². The van der Waals surface area contributed by atoms with Crippen molar-refractivity contribution in [3.63, 3.8) is 0 Å². The molecule has 0 aromatic heterocycles. The van der Waals surface area contributed by atoms with E-state index in [0.29, 0.717) is 12.0 Å². The van der Waals surface area contributed by atoms with Crippen LogP contribution in [0, 0.1) is 0 Å². The number of benzene rings is 3. The maximum absolute atomic E-state index is 12.2. The molecule has 6 heteroatoms. The predicted octanol–water partition coefficient (Wildman–Crippen LogP) is 5.96. The van der Waals surface area contributed by atoms with E-state index in [-0.39, 0.29) is 24.5 Å². The van der Waals surface area contributed by atoms with Gasteiger partial charge in [0.1, 0.15) is 11.9 Å². The molecule has 0 bridgehead atoms. The lowest BCUT2D eigenvalue weighted by Gasteiger charge is -2.39. The molecule has 0 aliphatic heterocycles. The Bertz CT molecular complexity index is 1180. The SMILES string of the molecule is O=C(O)C1=C(Cc2ccccc2)C(OCc2ccccc2)C(Br)(OCc2ccccc2)C(O)=C1. The van der Waals surface area contributed by atoms with Crippen LogP contribution in [0.1, 0.15) is 16.7 Å². The summed E-state index contributed by atoms with van der Waals surface area (Å²) < 4.78 is 11.1. The van der Waals surface area contributed by atoms with Crippen molar-refractivity contribution in [2.75, 3.05) is 0 Å². The Labute approximate surface area is 207 Å². The van der Waals surface area contributed by atoms with Gasteiger partial charge in [0, 0.05) is 0 Å². The number of alkyl halides is 1. The van der Waals surface area contributed by atoms with Gasteiger partial charge in [0.15, 0.2) is 0 Å². The topological polar surface area (TPSA) is 76.0 Å². The van der Waals surface area contributed by atoms with Gasteiger partial charge in [-0.15, -0.1) is 0 Å². The van der Waals surface area contributed by atoms with Crippen LogP contribution < -0.4 is 0 Å². The average Bonchev–Trinajstić information content (AvgIpc) is 2.86. The Morgan fingerprint density at radius 2 is 1.32 bits per heavy atom. The summed E-state index contributed by atoms with van der Waals surface area (Å²) in [7, 11) is 0. The molecule has 1 aliphatic rings. The Morgan fingerprint density at radius 1 is 0.824 bits per heavy atom. The Kier molecular flexibility index (Phi) is 7.63. The minimum atomic E-state index is -1.46. The third-order valence-corrected chi connectivity index (χ3v) is 6.70. The van der Waals surface area contributed by atoms with Crippen LogP contribution in [0.25, 0.3) is 0 Å². The Balaban J connectivity index is 1.72. The van der Waals surface area contributed by atoms with Crippen LogP contribution in [0.15, 0.2) is 114 Å². The highest BCUT2D eigenvalue weighted by atomic mass is 79.9. The molecule has 0 spiro atoms. The number of carboxylic acid groups (broad SMARTS) is 1. The number of aliphatic carboxylic acids is 1. The van der Waals surface area contributed by atoms with Crippen LogP contribution in [0.2, 0.25) is 0 Å².